The summed E-state index contributed by atoms with van der Waals surface area (Å²) >= 11 is 0. The molecule has 2 aromatic carbocycles. The van der Waals surface area contributed by atoms with E-state index in [1.807, 2.05) is 4.90 Å². The Morgan fingerprint density at radius 1 is 1.00 bits per heavy atom. The van der Waals surface area contributed by atoms with Crippen molar-refractivity contribution in [3.63, 3.8) is 0 Å². The molecule has 132 valence electrons. The number of rotatable bonds is 4. The Morgan fingerprint density at radius 2 is 1.64 bits per heavy atom. The molecular weight excluding hydrogens is 326 g/mol. The van der Waals surface area contributed by atoms with E-state index < -0.39 is 6.10 Å². The zero-order valence-electron chi connectivity index (χ0n) is 14.0. The van der Waals surface area contributed by atoms with E-state index in [0.717, 1.165) is 0 Å². The molecule has 0 aliphatic carbocycles. The highest BCUT2D eigenvalue weighted by Gasteiger charge is 2.26. The largest absolute Gasteiger partial charge is 0.481 e. The van der Waals surface area contributed by atoms with Gasteiger partial charge in [-0.15, -0.1) is 0 Å². The number of benzene rings is 2. The fourth-order valence-electron chi connectivity index (χ4n) is 2.90. The molecule has 0 N–H and O–H groups in total. The van der Waals surface area contributed by atoms with Crippen LogP contribution in [0.25, 0.3) is 0 Å². The molecule has 0 radical (unpaired) electrons. The Labute approximate surface area is 145 Å². The van der Waals surface area contributed by atoms with Crippen LogP contribution in [0.2, 0.25) is 0 Å². The van der Waals surface area contributed by atoms with Gasteiger partial charge in [0.25, 0.3) is 5.91 Å². The van der Waals surface area contributed by atoms with E-state index in [1.54, 1.807) is 30.0 Å². The van der Waals surface area contributed by atoms with Crippen molar-refractivity contribution in [3.05, 3.63) is 60.2 Å². The standard InChI is InChI=1S/C19H20F2N2O2/c1-14(25-16-8-6-15(20)7-9-16)19(24)23-12-10-22(11-13-23)18-5-3-2-4-17(18)21/h2-9,14H,10-13H2,1H3/t14-/m0/s1. The first-order chi connectivity index (χ1) is 12.0. The van der Waals surface area contributed by atoms with Crippen molar-refractivity contribution in [2.45, 2.75) is 13.0 Å². The molecule has 0 spiro atoms. The summed E-state index contributed by atoms with van der Waals surface area (Å²) in [6.07, 6.45) is -0.662. The molecule has 1 fully saturated rings. The van der Waals surface area contributed by atoms with Crippen LogP contribution >= 0.6 is 0 Å². The lowest BCUT2D eigenvalue weighted by Gasteiger charge is -2.37. The molecule has 25 heavy (non-hydrogen) atoms. The molecule has 0 aromatic heterocycles. The third-order valence-electron chi connectivity index (χ3n) is 4.26. The van der Waals surface area contributed by atoms with E-state index in [2.05, 4.69) is 0 Å². The van der Waals surface area contributed by atoms with Crippen LogP contribution in [0.3, 0.4) is 0 Å². The summed E-state index contributed by atoms with van der Waals surface area (Å²) in [6, 6.07) is 12.2. The molecule has 0 unspecified atom stereocenters. The number of para-hydroxylation sites is 1. The van der Waals surface area contributed by atoms with Crippen molar-refractivity contribution >= 4 is 11.6 Å². The van der Waals surface area contributed by atoms with Gasteiger partial charge in [-0.3, -0.25) is 4.79 Å². The zero-order valence-corrected chi connectivity index (χ0v) is 14.0. The summed E-state index contributed by atoms with van der Waals surface area (Å²) in [6.45, 7) is 3.81. The van der Waals surface area contributed by atoms with Crippen LogP contribution < -0.4 is 9.64 Å². The molecule has 1 saturated heterocycles. The average Bonchev–Trinajstić information content (AvgIpc) is 2.63. The maximum Gasteiger partial charge on any atom is 0.263 e. The molecule has 1 atom stereocenters. The minimum atomic E-state index is -0.662. The number of hydrogen-bond donors (Lipinski definition) is 0. The third kappa shape index (κ3) is 4.07. The maximum absolute atomic E-state index is 13.9. The molecule has 1 aliphatic heterocycles. The fourth-order valence-corrected chi connectivity index (χ4v) is 2.90. The van der Waals surface area contributed by atoms with Gasteiger partial charge in [-0.1, -0.05) is 12.1 Å². The number of carbonyl (C=O) groups excluding carboxylic acids is 1. The topological polar surface area (TPSA) is 32.8 Å². The summed E-state index contributed by atoms with van der Waals surface area (Å²) in [5.74, 6) is -0.282. The summed E-state index contributed by atoms with van der Waals surface area (Å²) in [5, 5.41) is 0. The first kappa shape index (κ1) is 17.2. The first-order valence-electron chi connectivity index (χ1n) is 8.25. The lowest BCUT2D eigenvalue weighted by atomic mass is 10.2. The zero-order chi connectivity index (χ0) is 17.8. The van der Waals surface area contributed by atoms with Crippen molar-refractivity contribution in [2.24, 2.45) is 0 Å². The number of carbonyl (C=O) groups is 1. The van der Waals surface area contributed by atoms with Gasteiger partial charge in [0, 0.05) is 26.2 Å². The van der Waals surface area contributed by atoms with Gasteiger partial charge in [-0.25, -0.2) is 8.78 Å². The number of halogens is 2. The Hall–Kier alpha value is -2.63. The van der Waals surface area contributed by atoms with Gasteiger partial charge in [-0.05, 0) is 43.3 Å². The van der Waals surface area contributed by atoms with E-state index >= 15 is 0 Å². The molecule has 6 heteroatoms. The number of anilines is 1. The monoisotopic (exact) mass is 346 g/mol. The van der Waals surface area contributed by atoms with Crippen LogP contribution in [-0.2, 0) is 4.79 Å². The molecule has 0 bridgehead atoms. The number of ether oxygens (including phenoxy) is 1. The SMILES string of the molecule is C[C@H](Oc1ccc(F)cc1)C(=O)N1CCN(c2ccccc2F)CC1. The highest BCUT2D eigenvalue weighted by molar-refractivity contribution is 5.81. The van der Waals surface area contributed by atoms with E-state index in [9.17, 15) is 13.6 Å². The van der Waals surface area contributed by atoms with E-state index in [4.69, 9.17) is 4.74 Å². The van der Waals surface area contributed by atoms with Crippen LogP contribution in [-0.4, -0.2) is 43.1 Å². The molecule has 1 aliphatic rings. The second-order valence-electron chi connectivity index (χ2n) is 5.98. The van der Waals surface area contributed by atoms with Gasteiger partial charge in [0.15, 0.2) is 6.10 Å². The molecule has 1 heterocycles. The van der Waals surface area contributed by atoms with Gasteiger partial charge < -0.3 is 14.5 Å². The minimum absolute atomic E-state index is 0.127. The van der Waals surface area contributed by atoms with Gasteiger partial charge in [0.2, 0.25) is 0 Å². The Kier molecular flexibility index (Phi) is 5.16. The smallest absolute Gasteiger partial charge is 0.263 e. The van der Waals surface area contributed by atoms with Gasteiger partial charge in [0.05, 0.1) is 5.69 Å². The molecular formula is C19H20F2N2O2. The molecule has 1 amide bonds. The quantitative estimate of drug-likeness (QED) is 0.853. The lowest BCUT2D eigenvalue weighted by Crippen LogP contribution is -2.52. The summed E-state index contributed by atoms with van der Waals surface area (Å²) < 4.78 is 32.4. The molecule has 3 rings (SSSR count). The maximum atomic E-state index is 13.9. The molecule has 0 saturated carbocycles. The van der Waals surface area contributed by atoms with Crippen LogP contribution in [0.15, 0.2) is 48.5 Å². The number of amides is 1. The Balaban J connectivity index is 1.56. The average molecular weight is 346 g/mol. The minimum Gasteiger partial charge on any atom is -0.481 e. The highest BCUT2D eigenvalue weighted by Crippen LogP contribution is 2.21. The van der Waals surface area contributed by atoms with E-state index in [0.29, 0.717) is 37.6 Å². The Bertz CT molecular complexity index is 728. The molecule has 4 nitrogen and oxygen atoms in total. The van der Waals surface area contributed by atoms with Crippen LogP contribution in [0.1, 0.15) is 6.92 Å². The molecule has 2 aromatic rings. The number of nitrogens with zero attached hydrogens (tertiary/aromatic N) is 2. The third-order valence-corrected chi connectivity index (χ3v) is 4.26. The fraction of sp³-hybridized carbons (Fsp3) is 0.316. The van der Waals surface area contributed by atoms with Crippen LogP contribution in [0, 0.1) is 11.6 Å². The lowest BCUT2D eigenvalue weighted by molar-refractivity contribution is -0.138. The Morgan fingerprint density at radius 3 is 2.28 bits per heavy atom. The number of piperazine rings is 1. The second kappa shape index (κ2) is 7.51. The van der Waals surface area contributed by atoms with Crippen LogP contribution in [0.5, 0.6) is 5.75 Å². The van der Waals surface area contributed by atoms with Crippen molar-refractivity contribution in [2.75, 3.05) is 31.1 Å². The summed E-state index contributed by atoms with van der Waals surface area (Å²) in [4.78, 5) is 16.2. The predicted molar refractivity (Wildman–Crippen MR) is 91.7 cm³/mol. The van der Waals surface area contributed by atoms with E-state index in [-0.39, 0.29) is 17.5 Å². The van der Waals surface area contributed by atoms with Gasteiger partial charge in [-0.2, -0.15) is 0 Å². The van der Waals surface area contributed by atoms with E-state index in [1.165, 1.54) is 30.3 Å². The predicted octanol–water partition coefficient (Wildman–Crippen LogP) is 3.08. The van der Waals surface area contributed by atoms with Crippen molar-refractivity contribution < 1.29 is 18.3 Å². The van der Waals surface area contributed by atoms with Crippen molar-refractivity contribution in [1.82, 2.24) is 4.90 Å². The normalized spacial score (nSPS) is 15.8. The number of hydrogen-bond acceptors (Lipinski definition) is 3. The highest BCUT2D eigenvalue weighted by atomic mass is 19.1. The van der Waals surface area contributed by atoms with Crippen LogP contribution in [0.4, 0.5) is 14.5 Å². The first-order valence-corrected chi connectivity index (χ1v) is 8.25. The van der Waals surface area contributed by atoms with Gasteiger partial charge in [0.1, 0.15) is 17.4 Å². The van der Waals surface area contributed by atoms with Crippen molar-refractivity contribution in [1.29, 1.82) is 0 Å². The summed E-state index contributed by atoms with van der Waals surface area (Å²) in [5.41, 5.74) is 0.560. The summed E-state index contributed by atoms with van der Waals surface area (Å²) in [7, 11) is 0. The second-order valence-corrected chi connectivity index (χ2v) is 5.98. The van der Waals surface area contributed by atoms with Crippen molar-refractivity contribution in [3.8, 4) is 5.75 Å². The van der Waals surface area contributed by atoms with Gasteiger partial charge >= 0.3 is 0 Å².